The molecule has 202 valence electrons. The molecule has 1 saturated heterocycles. The van der Waals surface area contributed by atoms with Crippen LogP contribution in [0.1, 0.15) is 69.2 Å². The van der Waals surface area contributed by atoms with E-state index in [0.29, 0.717) is 48.2 Å². The normalized spacial score (nSPS) is 16.7. The highest BCUT2D eigenvalue weighted by Crippen LogP contribution is 2.38. The number of carbonyl (C=O) groups excluding carboxylic acids is 2. The average molecular weight is 556 g/mol. The van der Waals surface area contributed by atoms with Gasteiger partial charge in [-0.3, -0.25) is 14.5 Å². The number of benzene rings is 1. The van der Waals surface area contributed by atoms with E-state index in [1.54, 1.807) is 0 Å². The highest BCUT2D eigenvalue weighted by Gasteiger charge is 2.31. The van der Waals surface area contributed by atoms with E-state index in [2.05, 4.69) is 29.2 Å². The van der Waals surface area contributed by atoms with Crippen LogP contribution in [0.2, 0.25) is 0 Å². The first kappa shape index (κ1) is 26.7. The summed E-state index contributed by atoms with van der Waals surface area (Å²) in [6.07, 6.45) is 2.43. The second-order valence-electron chi connectivity index (χ2n) is 10.3. The minimum absolute atomic E-state index is 0.178. The van der Waals surface area contributed by atoms with E-state index in [1.165, 1.54) is 44.6 Å². The fraction of sp³-hybridized carbons (Fsp3) is 0.444. The Morgan fingerprint density at radius 1 is 1.05 bits per heavy atom. The van der Waals surface area contributed by atoms with Crippen LogP contribution in [0.5, 0.6) is 0 Å². The van der Waals surface area contributed by atoms with E-state index in [1.807, 2.05) is 19.9 Å². The molecule has 0 aliphatic carbocycles. The number of sulfonamides is 1. The molecular weight excluding hydrogens is 522 g/mol. The highest BCUT2D eigenvalue weighted by atomic mass is 32.2. The van der Waals surface area contributed by atoms with Crippen LogP contribution in [0.4, 0.5) is 5.00 Å². The SMILES string of the molecule is Cc1cc(C)n(C(=O)c2c(NC(=O)c3ccc(S(=O)(=O)N4CCCC4)cc3)sc3c2CCN(C(C)C)C3)n1. The number of nitrogens with one attached hydrogen (secondary N) is 1. The number of anilines is 1. The summed E-state index contributed by atoms with van der Waals surface area (Å²) in [5.74, 6) is -0.648. The summed E-state index contributed by atoms with van der Waals surface area (Å²) in [4.78, 5) is 30.6. The first-order valence-electron chi connectivity index (χ1n) is 12.9. The standard InChI is InChI=1S/C27H33N5O4S2/c1-17(2)30-14-11-22-23(16-30)37-26(24(22)27(34)32-19(4)15-18(3)29-32)28-25(33)20-7-9-21(10-8-20)38(35,36)31-12-5-6-13-31/h7-10,15,17H,5-6,11-14,16H2,1-4H3,(H,28,33). The van der Waals surface area contributed by atoms with Crippen LogP contribution >= 0.6 is 11.3 Å². The molecule has 1 aromatic carbocycles. The molecule has 0 bridgehead atoms. The van der Waals surface area contributed by atoms with Crippen molar-refractivity contribution >= 4 is 38.2 Å². The molecule has 2 aliphatic rings. The van der Waals surface area contributed by atoms with Crippen molar-refractivity contribution in [3.8, 4) is 0 Å². The highest BCUT2D eigenvalue weighted by molar-refractivity contribution is 7.89. The summed E-state index contributed by atoms with van der Waals surface area (Å²) in [7, 11) is -3.56. The number of hydrogen-bond donors (Lipinski definition) is 1. The molecule has 1 amide bonds. The monoisotopic (exact) mass is 555 g/mol. The zero-order chi connectivity index (χ0) is 27.2. The number of nitrogens with zero attached hydrogens (tertiary/aromatic N) is 4. The van der Waals surface area contributed by atoms with Gasteiger partial charge in [-0.1, -0.05) is 0 Å². The van der Waals surface area contributed by atoms with Crippen molar-refractivity contribution in [3.05, 3.63) is 63.3 Å². The number of fused-ring (bicyclic) bond motifs is 1. The number of thiophene rings is 1. The van der Waals surface area contributed by atoms with Gasteiger partial charge in [-0.15, -0.1) is 11.3 Å². The lowest BCUT2D eigenvalue weighted by atomic mass is 10.0. The van der Waals surface area contributed by atoms with Crippen molar-refractivity contribution in [1.82, 2.24) is 19.0 Å². The first-order valence-corrected chi connectivity index (χ1v) is 15.2. The average Bonchev–Trinajstić information content (AvgIpc) is 3.62. The molecule has 3 aromatic rings. The molecule has 38 heavy (non-hydrogen) atoms. The van der Waals surface area contributed by atoms with E-state index in [0.717, 1.165) is 41.2 Å². The van der Waals surface area contributed by atoms with Gasteiger partial charge in [0.05, 0.1) is 16.2 Å². The van der Waals surface area contributed by atoms with Gasteiger partial charge in [0.15, 0.2) is 0 Å². The van der Waals surface area contributed by atoms with Gasteiger partial charge in [-0.05, 0) is 82.9 Å². The van der Waals surface area contributed by atoms with E-state index in [4.69, 9.17) is 0 Å². The molecule has 0 saturated carbocycles. The number of amides is 1. The number of aromatic nitrogens is 2. The number of carbonyl (C=O) groups is 2. The molecule has 1 fully saturated rings. The van der Waals surface area contributed by atoms with Crippen molar-refractivity contribution in [2.24, 2.45) is 0 Å². The minimum atomic E-state index is -3.56. The quantitative estimate of drug-likeness (QED) is 0.492. The minimum Gasteiger partial charge on any atom is -0.313 e. The fourth-order valence-electron chi connectivity index (χ4n) is 5.15. The number of aryl methyl sites for hydroxylation is 2. The maximum Gasteiger partial charge on any atom is 0.281 e. The van der Waals surface area contributed by atoms with Gasteiger partial charge < -0.3 is 5.32 Å². The Hall–Kier alpha value is -2.86. The van der Waals surface area contributed by atoms with E-state index < -0.39 is 15.9 Å². The zero-order valence-corrected chi connectivity index (χ0v) is 23.8. The van der Waals surface area contributed by atoms with Crippen molar-refractivity contribution < 1.29 is 18.0 Å². The van der Waals surface area contributed by atoms with Crippen LogP contribution in [0.25, 0.3) is 0 Å². The largest absolute Gasteiger partial charge is 0.313 e. The zero-order valence-electron chi connectivity index (χ0n) is 22.2. The van der Waals surface area contributed by atoms with E-state index in [9.17, 15) is 18.0 Å². The summed E-state index contributed by atoms with van der Waals surface area (Å²) >= 11 is 1.43. The van der Waals surface area contributed by atoms with Crippen LogP contribution in [-0.2, 0) is 23.0 Å². The van der Waals surface area contributed by atoms with Crippen molar-refractivity contribution in [2.75, 3.05) is 25.0 Å². The summed E-state index contributed by atoms with van der Waals surface area (Å²) < 4.78 is 28.6. The maximum atomic E-state index is 13.7. The number of hydrogen-bond acceptors (Lipinski definition) is 7. The third kappa shape index (κ3) is 4.95. The van der Waals surface area contributed by atoms with Crippen molar-refractivity contribution in [3.63, 3.8) is 0 Å². The van der Waals surface area contributed by atoms with Crippen molar-refractivity contribution in [1.29, 1.82) is 0 Å². The molecular formula is C27H33N5O4S2. The molecule has 5 rings (SSSR count). The van der Waals surface area contributed by atoms with E-state index in [-0.39, 0.29) is 10.8 Å². The summed E-state index contributed by atoms with van der Waals surface area (Å²) in [5, 5.41) is 7.84. The predicted molar refractivity (Wildman–Crippen MR) is 147 cm³/mol. The Bertz CT molecular complexity index is 1480. The van der Waals surface area contributed by atoms with Crippen LogP contribution < -0.4 is 5.32 Å². The lowest BCUT2D eigenvalue weighted by molar-refractivity contribution is 0.0941. The molecule has 11 heteroatoms. The summed E-state index contributed by atoms with van der Waals surface area (Å²) in [6, 6.07) is 8.22. The van der Waals surface area contributed by atoms with Gasteiger partial charge in [0.1, 0.15) is 5.00 Å². The first-order chi connectivity index (χ1) is 18.1. The molecule has 1 N–H and O–H groups in total. The van der Waals surface area contributed by atoms with Gasteiger partial charge in [0.25, 0.3) is 11.8 Å². The molecule has 2 aliphatic heterocycles. The lowest BCUT2D eigenvalue weighted by Crippen LogP contribution is -2.35. The molecule has 9 nitrogen and oxygen atoms in total. The molecule has 0 atom stereocenters. The summed E-state index contributed by atoms with van der Waals surface area (Å²) in [5.41, 5.74) is 3.26. The molecule has 2 aromatic heterocycles. The molecule has 4 heterocycles. The third-order valence-corrected chi connectivity index (χ3v) is 10.3. The summed E-state index contributed by atoms with van der Waals surface area (Å²) in [6.45, 7) is 10.6. The van der Waals surface area contributed by atoms with Crippen LogP contribution in [0, 0.1) is 13.8 Å². The van der Waals surface area contributed by atoms with Gasteiger partial charge in [0.2, 0.25) is 10.0 Å². The Morgan fingerprint density at radius 3 is 2.34 bits per heavy atom. The molecule has 0 radical (unpaired) electrons. The second-order valence-corrected chi connectivity index (χ2v) is 13.3. The van der Waals surface area contributed by atoms with Crippen LogP contribution in [0.15, 0.2) is 35.2 Å². The molecule has 0 spiro atoms. The second kappa shape index (κ2) is 10.4. The third-order valence-electron chi connectivity index (χ3n) is 7.28. The Balaban J connectivity index is 1.45. The maximum absolute atomic E-state index is 13.7. The van der Waals surface area contributed by atoms with Gasteiger partial charge in [0, 0.05) is 48.4 Å². The Kier molecular flexibility index (Phi) is 7.29. The van der Waals surface area contributed by atoms with Crippen LogP contribution in [0.3, 0.4) is 0 Å². The predicted octanol–water partition coefficient (Wildman–Crippen LogP) is 4.05. The van der Waals surface area contributed by atoms with Gasteiger partial charge in [-0.25, -0.2) is 13.1 Å². The van der Waals surface area contributed by atoms with Crippen LogP contribution in [-0.4, -0.2) is 64.9 Å². The topological polar surface area (TPSA) is 105 Å². The van der Waals surface area contributed by atoms with Crippen molar-refractivity contribution in [2.45, 2.75) is 64.4 Å². The Morgan fingerprint density at radius 2 is 1.74 bits per heavy atom. The number of rotatable bonds is 6. The lowest BCUT2D eigenvalue weighted by Gasteiger charge is -2.30. The fourth-order valence-corrected chi connectivity index (χ4v) is 7.93. The Labute approximate surface area is 227 Å². The smallest absolute Gasteiger partial charge is 0.281 e. The van der Waals surface area contributed by atoms with Gasteiger partial charge >= 0.3 is 0 Å². The van der Waals surface area contributed by atoms with E-state index >= 15 is 0 Å². The molecule has 0 unspecified atom stereocenters. The van der Waals surface area contributed by atoms with Gasteiger partial charge in [-0.2, -0.15) is 9.40 Å².